The lowest BCUT2D eigenvalue weighted by atomic mass is 9.63. The number of nitrogens with one attached hydrogen (secondary N) is 2. The monoisotopic (exact) mass is 304 g/mol. The molecule has 1 heterocycles. The summed E-state index contributed by atoms with van der Waals surface area (Å²) in [7, 11) is 5.26. The molecule has 6 heteroatoms. The highest BCUT2D eigenvalue weighted by molar-refractivity contribution is 5.87. The molecule has 1 aliphatic heterocycles. The van der Waals surface area contributed by atoms with Crippen molar-refractivity contribution in [3.05, 3.63) is 23.8 Å². The fourth-order valence-corrected chi connectivity index (χ4v) is 3.53. The van der Waals surface area contributed by atoms with Crippen LogP contribution in [-0.2, 0) is 5.41 Å². The molecule has 1 aliphatic rings. The zero-order valence-electron chi connectivity index (χ0n) is 13.9. The van der Waals surface area contributed by atoms with Gasteiger partial charge in [0.15, 0.2) is 17.3 Å². The number of hydrogen-bond donors (Lipinski definition) is 2. The maximum atomic E-state index is 8.17. The zero-order valence-corrected chi connectivity index (χ0v) is 13.9. The largest absolute Gasteiger partial charge is 0.493 e. The minimum atomic E-state index is -0.525. The van der Waals surface area contributed by atoms with E-state index in [4.69, 9.17) is 20.4 Å². The molecule has 2 atom stereocenters. The van der Waals surface area contributed by atoms with Crippen LogP contribution in [0.5, 0.6) is 11.5 Å². The van der Waals surface area contributed by atoms with E-state index in [-0.39, 0.29) is 11.3 Å². The summed E-state index contributed by atoms with van der Waals surface area (Å²) < 4.78 is 10.7. The van der Waals surface area contributed by atoms with Crippen LogP contribution in [0.4, 0.5) is 0 Å². The molecule has 0 saturated carbocycles. The lowest BCUT2D eigenvalue weighted by Crippen LogP contribution is -2.45. The van der Waals surface area contributed by atoms with Crippen molar-refractivity contribution in [2.24, 2.45) is 10.5 Å². The molecule has 0 spiro atoms. The molecule has 2 rings (SSSR count). The number of benzene rings is 1. The van der Waals surface area contributed by atoms with Crippen molar-refractivity contribution in [1.82, 2.24) is 4.90 Å². The number of ether oxygens (including phenoxy) is 2. The summed E-state index contributed by atoms with van der Waals surface area (Å²) in [6.07, 6.45) is 0. The Balaban J connectivity index is 2.57. The first-order valence-corrected chi connectivity index (χ1v) is 7.20. The molecule has 0 unspecified atom stereocenters. The Bertz CT molecular complexity index is 604. The average Bonchev–Trinajstić information content (AvgIpc) is 2.76. The van der Waals surface area contributed by atoms with Gasteiger partial charge in [0.2, 0.25) is 0 Å². The SMILES string of the molecule is COc1ccc([C@]2(C)CN(C)C[C@@]2(C)C(=N)N=N)cc1OC. The van der Waals surface area contributed by atoms with E-state index in [1.807, 2.05) is 32.2 Å². The average molecular weight is 304 g/mol. The molecule has 0 aromatic heterocycles. The van der Waals surface area contributed by atoms with Gasteiger partial charge in [-0.25, -0.2) is 5.53 Å². The number of likely N-dealkylation sites (N-methyl/N-ethyl adjacent to an activating group) is 1. The van der Waals surface area contributed by atoms with Crippen LogP contribution in [0.3, 0.4) is 0 Å². The number of hydrogen-bond acceptors (Lipinski definition) is 5. The first kappa shape index (κ1) is 16.4. The number of amidine groups is 1. The van der Waals surface area contributed by atoms with E-state index < -0.39 is 5.41 Å². The molecule has 6 nitrogen and oxygen atoms in total. The summed E-state index contributed by atoms with van der Waals surface area (Å²) >= 11 is 0. The first-order valence-electron chi connectivity index (χ1n) is 7.20. The molecular formula is C16H24N4O2. The Kier molecular flexibility index (Phi) is 4.24. The molecule has 1 saturated heterocycles. The molecule has 120 valence electrons. The Morgan fingerprint density at radius 3 is 2.36 bits per heavy atom. The fourth-order valence-electron chi connectivity index (χ4n) is 3.53. The molecular weight excluding hydrogens is 280 g/mol. The van der Waals surface area contributed by atoms with Crippen LogP contribution in [0.2, 0.25) is 0 Å². The molecule has 0 amide bonds. The number of likely N-dealkylation sites (tertiary alicyclic amines) is 1. The van der Waals surface area contributed by atoms with Crippen LogP contribution in [0.25, 0.3) is 0 Å². The lowest BCUT2D eigenvalue weighted by Gasteiger charge is -2.39. The van der Waals surface area contributed by atoms with Gasteiger partial charge in [0.25, 0.3) is 0 Å². The molecule has 2 N–H and O–H groups in total. The molecule has 1 aromatic carbocycles. The van der Waals surface area contributed by atoms with E-state index in [0.29, 0.717) is 18.0 Å². The Morgan fingerprint density at radius 2 is 1.82 bits per heavy atom. The van der Waals surface area contributed by atoms with Crippen molar-refractivity contribution >= 4 is 5.84 Å². The molecule has 0 radical (unpaired) electrons. The molecule has 0 bridgehead atoms. The third-order valence-corrected chi connectivity index (χ3v) is 5.05. The summed E-state index contributed by atoms with van der Waals surface area (Å²) in [6.45, 7) is 5.61. The van der Waals surface area contributed by atoms with Crippen molar-refractivity contribution in [1.29, 1.82) is 10.9 Å². The topological polar surface area (TPSA) is 81.8 Å². The van der Waals surface area contributed by atoms with Gasteiger partial charge in [-0.3, -0.25) is 5.41 Å². The van der Waals surface area contributed by atoms with Crippen molar-refractivity contribution in [2.75, 3.05) is 34.4 Å². The Labute approximate surface area is 131 Å². The summed E-state index contributed by atoms with van der Waals surface area (Å²) in [5.41, 5.74) is 7.49. The highest BCUT2D eigenvalue weighted by Gasteiger charge is 2.55. The predicted molar refractivity (Wildman–Crippen MR) is 85.4 cm³/mol. The third-order valence-electron chi connectivity index (χ3n) is 5.05. The van der Waals surface area contributed by atoms with Gasteiger partial charge in [-0.15, -0.1) is 5.11 Å². The van der Waals surface area contributed by atoms with E-state index in [1.54, 1.807) is 14.2 Å². The maximum absolute atomic E-state index is 8.17. The molecule has 22 heavy (non-hydrogen) atoms. The van der Waals surface area contributed by atoms with Gasteiger partial charge < -0.3 is 14.4 Å². The number of rotatable bonds is 4. The van der Waals surface area contributed by atoms with Crippen LogP contribution in [0.1, 0.15) is 19.4 Å². The lowest BCUT2D eigenvalue weighted by molar-refractivity contribution is 0.315. The van der Waals surface area contributed by atoms with Crippen molar-refractivity contribution < 1.29 is 9.47 Å². The second-order valence-corrected chi connectivity index (χ2v) is 6.37. The van der Waals surface area contributed by atoms with Gasteiger partial charge in [-0.05, 0) is 24.7 Å². The highest BCUT2D eigenvalue weighted by atomic mass is 16.5. The van der Waals surface area contributed by atoms with Crippen LogP contribution in [-0.4, -0.2) is 45.1 Å². The third kappa shape index (κ3) is 2.27. The van der Waals surface area contributed by atoms with Crippen molar-refractivity contribution in [3.8, 4) is 11.5 Å². The van der Waals surface area contributed by atoms with E-state index in [2.05, 4.69) is 16.9 Å². The smallest absolute Gasteiger partial charge is 0.161 e. The van der Waals surface area contributed by atoms with Crippen LogP contribution >= 0.6 is 0 Å². The van der Waals surface area contributed by atoms with E-state index >= 15 is 0 Å². The summed E-state index contributed by atoms with van der Waals surface area (Å²) in [6, 6.07) is 5.86. The summed E-state index contributed by atoms with van der Waals surface area (Å²) in [5, 5.41) is 11.6. The molecule has 1 aromatic rings. The molecule has 0 aliphatic carbocycles. The normalized spacial score (nSPS) is 28.4. The standard InChI is InChI=1S/C16H24N4O2/c1-15(9-20(3)10-16(15,2)14(17)19-18)11-6-7-12(21-4)13(8-11)22-5/h6-8,17-18H,9-10H2,1-5H3/t15-,16-/m0/s1. The quantitative estimate of drug-likeness (QED) is 0.510. The Hall–Kier alpha value is -1.95. The summed E-state index contributed by atoms with van der Waals surface area (Å²) in [4.78, 5) is 2.18. The van der Waals surface area contributed by atoms with Crippen LogP contribution in [0.15, 0.2) is 23.3 Å². The van der Waals surface area contributed by atoms with Gasteiger partial charge >= 0.3 is 0 Å². The van der Waals surface area contributed by atoms with Gasteiger partial charge in [0.05, 0.1) is 19.6 Å². The minimum Gasteiger partial charge on any atom is -0.493 e. The van der Waals surface area contributed by atoms with Crippen molar-refractivity contribution in [3.63, 3.8) is 0 Å². The second kappa shape index (κ2) is 5.68. The van der Waals surface area contributed by atoms with Crippen LogP contribution < -0.4 is 9.47 Å². The van der Waals surface area contributed by atoms with Crippen molar-refractivity contribution in [2.45, 2.75) is 19.3 Å². The van der Waals surface area contributed by atoms with E-state index in [9.17, 15) is 0 Å². The van der Waals surface area contributed by atoms with Gasteiger partial charge in [0, 0.05) is 18.5 Å². The Morgan fingerprint density at radius 1 is 1.18 bits per heavy atom. The predicted octanol–water partition coefficient (Wildman–Crippen LogP) is 2.92. The number of nitrogens with zero attached hydrogens (tertiary/aromatic N) is 2. The maximum Gasteiger partial charge on any atom is 0.161 e. The van der Waals surface area contributed by atoms with Crippen LogP contribution in [0, 0.1) is 16.4 Å². The highest BCUT2D eigenvalue weighted by Crippen LogP contribution is 2.49. The van der Waals surface area contributed by atoms with Gasteiger partial charge in [-0.1, -0.05) is 19.9 Å². The minimum absolute atomic E-state index is 0.106. The van der Waals surface area contributed by atoms with E-state index in [1.165, 1.54) is 0 Å². The zero-order chi connectivity index (χ0) is 16.5. The summed E-state index contributed by atoms with van der Waals surface area (Å²) in [5.74, 6) is 1.46. The molecule has 1 fully saturated rings. The fraction of sp³-hybridized carbons (Fsp3) is 0.562. The van der Waals surface area contributed by atoms with E-state index in [0.717, 1.165) is 12.1 Å². The van der Waals surface area contributed by atoms with Gasteiger partial charge in [0.1, 0.15) is 0 Å². The second-order valence-electron chi connectivity index (χ2n) is 6.37. The van der Waals surface area contributed by atoms with Gasteiger partial charge in [-0.2, -0.15) is 0 Å². The first-order chi connectivity index (χ1) is 10.3. The number of methoxy groups -OCH3 is 2.